The molecule has 0 bridgehead atoms. The van der Waals surface area contributed by atoms with Gasteiger partial charge in [-0.15, -0.1) is 0 Å². The van der Waals surface area contributed by atoms with Crippen molar-refractivity contribution in [2.24, 2.45) is 0 Å². The topological polar surface area (TPSA) is 84.4 Å². The first kappa shape index (κ1) is 26.1. The fourth-order valence-electron chi connectivity index (χ4n) is 6.61. The van der Waals surface area contributed by atoms with Gasteiger partial charge in [-0.1, -0.05) is 66.7 Å². The Labute approximate surface area is 234 Å². The maximum Gasteiger partial charge on any atom is 0.331 e. The second-order valence-corrected chi connectivity index (χ2v) is 10.9. The van der Waals surface area contributed by atoms with Gasteiger partial charge >= 0.3 is 5.97 Å². The lowest BCUT2D eigenvalue weighted by Gasteiger charge is -2.43. The molecule has 206 valence electrons. The van der Waals surface area contributed by atoms with Gasteiger partial charge in [0.15, 0.2) is 6.04 Å². The van der Waals surface area contributed by atoms with Gasteiger partial charge in [0.05, 0.1) is 13.1 Å². The van der Waals surface area contributed by atoms with Gasteiger partial charge < -0.3 is 24.7 Å². The number of nitrogens with zero attached hydrogens (tertiary/aromatic N) is 4. The number of hydrogen-bond acceptors (Lipinski definition) is 5. The third-order valence-corrected chi connectivity index (χ3v) is 8.66. The second kappa shape index (κ2) is 10.8. The van der Waals surface area contributed by atoms with Crippen LogP contribution in [0.15, 0.2) is 84.9 Å². The molecule has 40 heavy (non-hydrogen) atoms. The van der Waals surface area contributed by atoms with E-state index in [9.17, 15) is 19.5 Å². The van der Waals surface area contributed by atoms with Crippen molar-refractivity contribution in [2.45, 2.75) is 37.3 Å². The first-order valence-corrected chi connectivity index (χ1v) is 14.0. The Morgan fingerprint density at radius 3 is 2.20 bits per heavy atom. The van der Waals surface area contributed by atoms with Gasteiger partial charge in [-0.3, -0.25) is 9.59 Å². The van der Waals surface area contributed by atoms with E-state index in [2.05, 4.69) is 9.80 Å². The first-order chi connectivity index (χ1) is 19.5. The van der Waals surface area contributed by atoms with E-state index < -0.39 is 17.6 Å². The molecule has 3 aliphatic rings. The summed E-state index contributed by atoms with van der Waals surface area (Å²) in [5.74, 6) is -0.994. The molecule has 1 N–H and O–H groups in total. The van der Waals surface area contributed by atoms with Gasteiger partial charge in [0.25, 0.3) is 5.91 Å². The van der Waals surface area contributed by atoms with Gasteiger partial charge in [-0.2, -0.15) is 0 Å². The van der Waals surface area contributed by atoms with Crippen LogP contribution >= 0.6 is 0 Å². The van der Waals surface area contributed by atoms with Crippen molar-refractivity contribution in [2.75, 3.05) is 42.6 Å². The number of carboxylic acids is 1. The van der Waals surface area contributed by atoms with E-state index in [-0.39, 0.29) is 18.5 Å². The van der Waals surface area contributed by atoms with Gasteiger partial charge in [0.2, 0.25) is 5.91 Å². The smallest absolute Gasteiger partial charge is 0.331 e. The van der Waals surface area contributed by atoms with Crippen molar-refractivity contribution in [1.29, 1.82) is 0 Å². The summed E-state index contributed by atoms with van der Waals surface area (Å²) >= 11 is 0. The van der Waals surface area contributed by atoms with Gasteiger partial charge in [0.1, 0.15) is 5.54 Å². The number of aliphatic carboxylic acids is 1. The van der Waals surface area contributed by atoms with Crippen molar-refractivity contribution in [3.63, 3.8) is 0 Å². The van der Waals surface area contributed by atoms with Crippen LogP contribution in [0.1, 0.15) is 36.4 Å². The van der Waals surface area contributed by atoms with Gasteiger partial charge in [-0.25, -0.2) is 4.79 Å². The van der Waals surface area contributed by atoms with E-state index >= 15 is 0 Å². The number of hydrogen-bond donors (Lipinski definition) is 1. The molecule has 2 amide bonds. The van der Waals surface area contributed by atoms with E-state index in [4.69, 9.17) is 0 Å². The molecule has 1 unspecified atom stereocenters. The molecule has 3 heterocycles. The molecule has 0 aromatic heterocycles. The zero-order chi connectivity index (χ0) is 27.7. The Bertz CT molecular complexity index is 1390. The number of rotatable bonds is 8. The predicted octanol–water partition coefficient (Wildman–Crippen LogP) is 3.93. The minimum Gasteiger partial charge on any atom is -0.479 e. The highest BCUT2D eigenvalue weighted by Crippen LogP contribution is 2.42. The molecule has 1 atom stereocenters. The van der Waals surface area contributed by atoms with Crippen LogP contribution in [0.3, 0.4) is 0 Å². The minimum atomic E-state index is -1.04. The second-order valence-electron chi connectivity index (χ2n) is 10.9. The van der Waals surface area contributed by atoms with E-state index in [0.29, 0.717) is 31.4 Å². The van der Waals surface area contributed by atoms with Gasteiger partial charge in [0, 0.05) is 31.0 Å². The molecule has 3 aromatic carbocycles. The lowest BCUT2D eigenvalue weighted by molar-refractivity contribution is -0.150. The standard InChI is InChI=1S/C32H34N4O4/c37-28-22-25-12-7-8-15-27(25)34(28)19-9-18-33-20-16-32(17-21-33)31(40)35(23-36(32)26-13-5-2-6-14-26)29(30(38)39)24-10-3-1-4-11-24/h1-8,10-15,29H,9,16-23H2,(H,38,39). The largest absolute Gasteiger partial charge is 0.479 e. The van der Waals surface area contributed by atoms with E-state index in [1.54, 1.807) is 12.1 Å². The van der Waals surface area contributed by atoms with Crippen LogP contribution in [0.4, 0.5) is 11.4 Å². The van der Waals surface area contributed by atoms with Crippen molar-refractivity contribution in [3.05, 3.63) is 96.1 Å². The minimum absolute atomic E-state index is 0.119. The van der Waals surface area contributed by atoms with E-state index in [1.165, 1.54) is 4.90 Å². The highest BCUT2D eigenvalue weighted by Gasteiger charge is 2.56. The number of likely N-dealkylation sites (tertiary alicyclic amines) is 1. The molecule has 3 aliphatic heterocycles. The van der Waals surface area contributed by atoms with Crippen LogP contribution in [0.25, 0.3) is 0 Å². The molecule has 2 saturated heterocycles. The van der Waals surface area contributed by atoms with Crippen molar-refractivity contribution in [1.82, 2.24) is 9.80 Å². The monoisotopic (exact) mass is 538 g/mol. The van der Waals surface area contributed by atoms with Crippen molar-refractivity contribution in [3.8, 4) is 0 Å². The molecule has 1 spiro atoms. The first-order valence-electron chi connectivity index (χ1n) is 14.0. The Morgan fingerprint density at radius 2 is 1.50 bits per heavy atom. The van der Waals surface area contributed by atoms with Crippen LogP contribution in [0, 0.1) is 0 Å². The Hall–Kier alpha value is -4.17. The third kappa shape index (κ3) is 4.62. The summed E-state index contributed by atoms with van der Waals surface area (Å²) in [5, 5.41) is 10.2. The summed E-state index contributed by atoms with van der Waals surface area (Å²) in [7, 11) is 0. The summed E-state index contributed by atoms with van der Waals surface area (Å²) in [6.45, 7) is 3.21. The third-order valence-electron chi connectivity index (χ3n) is 8.66. The van der Waals surface area contributed by atoms with Crippen molar-refractivity contribution >= 4 is 29.2 Å². The molecule has 3 aromatic rings. The normalized spacial score (nSPS) is 19.4. The Balaban J connectivity index is 1.17. The summed E-state index contributed by atoms with van der Waals surface area (Å²) in [6, 6.07) is 25.8. The number of carbonyl (C=O) groups excluding carboxylic acids is 2. The summed E-state index contributed by atoms with van der Waals surface area (Å²) < 4.78 is 0. The molecule has 2 fully saturated rings. The van der Waals surface area contributed by atoms with Crippen LogP contribution in [-0.2, 0) is 20.8 Å². The molecule has 0 radical (unpaired) electrons. The number of carboxylic acid groups (broad SMARTS) is 1. The Morgan fingerprint density at radius 1 is 0.850 bits per heavy atom. The quantitative estimate of drug-likeness (QED) is 0.468. The molecule has 8 nitrogen and oxygen atoms in total. The fourth-order valence-corrected chi connectivity index (χ4v) is 6.61. The van der Waals surface area contributed by atoms with Gasteiger partial charge in [-0.05, 0) is 55.1 Å². The maximum atomic E-state index is 14.2. The maximum absolute atomic E-state index is 14.2. The van der Waals surface area contributed by atoms with Crippen LogP contribution in [-0.4, -0.2) is 71.1 Å². The molecule has 8 heteroatoms. The molecule has 0 aliphatic carbocycles. The molecule has 6 rings (SSSR count). The number of carbonyl (C=O) groups is 3. The predicted molar refractivity (Wildman–Crippen MR) is 153 cm³/mol. The lowest BCUT2D eigenvalue weighted by atomic mass is 9.85. The highest BCUT2D eigenvalue weighted by atomic mass is 16.4. The average molecular weight is 539 g/mol. The van der Waals surface area contributed by atoms with E-state index in [0.717, 1.165) is 43.0 Å². The van der Waals surface area contributed by atoms with Crippen LogP contribution in [0.2, 0.25) is 0 Å². The number of para-hydroxylation sites is 2. The number of piperidine rings is 1. The molecular weight excluding hydrogens is 504 g/mol. The lowest BCUT2D eigenvalue weighted by Crippen LogP contribution is -2.56. The van der Waals surface area contributed by atoms with Crippen molar-refractivity contribution < 1.29 is 19.5 Å². The zero-order valence-corrected chi connectivity index (χ0v) is 22.5. The molecule has 0 saturated carbocycles. The SMILES string of the molecule is O=C(O)C(c1ccccc1)N1CN(c2ccccc2)C2(CCN(CCCN3C(=O)Cc4ccccc43)CC2)C1=O. The number of benzene rings is 3. The van der Waals surface area contributed by atoms with Crippen LogP contribution < -0.4 is 9.80 Å². The van der Waals surface area contributed by atoms with E-state index in [1.807, 2.05) is 77.7 Å². The number of amides is 2. The fraction of sp³-hybridized carbons (Fsp3) is 0.344. The number of fused-ring (bicyclic) bond motifs is 1. The zero-order valence-electron chi connectivity index (χ0n) is 22.5. The summed E-state index contributed by atoms with van der Waals surface area (Å²) in [6.07, 6.45) is 2.55. The number of anilines is 2. The summed E-state index contributed by atoms with van der Waals surface area (Å²) in [5.41, 5.74) is 2.85. The van der Waals surface area contributed by atoms with Crippen LogP contribution in [0.5, 0.6) is 0 Å². The Kier molecular flexibility index (Phi) is 7.02. The molecular formula is C32H34N4O4. The highest BCUT2D eigenvalue weighted by molar-refractivity contribution is 6.01. The summed E-state index contributed by atoms with van der Waals surface area (Å²) in [4.78, 5) is 47.1. The average Bonchev–Trinajstić information content (AvgIpc) is 3.44.